The molecular weight excluding hydrogens is 256 g/mol. The van der Waals surface area contributed by atoms with Crippen LogP contribution in [0.1, 0.15) is 29.3 Å². The summed E-state index contributed by atoms with van der Waals surface area (Å²) in [6.07, 6.45) is 0.440. The van der Waals surface area contributed by atoms with Crippen LogP contribution in [0, 0.1) is 11.3 Å². The predicted molar refractivity (Wildman–Crippen MR) is 63.0 cm³/mol. The van der Waals surface area contributed by atoms with E-state index < -0.39 is 12.6 Å². The van der Waals surface area contributed by atoms with Gasteiger partial charge in [0.25, 0.3) is 0 Å². The number of aryl methyl sites for hydroxylation is 1. The number of hydrogen-bond donors (Lipinski definition) is 0. The van der Waals surface area contributed by atoms with E-state index in [4.69, 9.17) is 10.00 Å². The fraction of sp³-hybridized carbons (Fsp3) is 0.385. The van der Waals surface area contributed by atoms with E-state index in [-0.39, 0.29) is 30.8 Å². The molecule has 0 aliphatic heterocycles. The van der Waals surface area contributed by atoms with Crippen molar-refractivity contribution in [2.24, 2.45) is 0 Å². The fourth-order valence-electron chi connectivity index (χ4n) is 1.60. The molecule has 0 amide bonds. The Balaban J connectivity index is 3.15. The van der Waals surface area contributed by atoms with Gasteiger partial charge in [-0.2, -0.15) is 14.0 Å². The lowest BCUT2D eigenvalue weighted by Gasteiger charge is -2.13. The third kappa shape index (κ3) is 4.21. The molecule has 102 valence electrons. The molecule has 0 spiro atoms. The van der Waals surface area contributed by atoms with Gasteiger partial charge in [0.05, 0.1) is 12.7 Å². The molecule has 0 fully saturated rings. The maximum absolute atomic E-state index is 12.3. The zero-order valence-electron chi connectivity index (χ0n) is 10.4. The van der Waals surface area contributed by atoms with Crippen molar-refractivity contribution in [2.75, 3.05) is 6.61 Å². The lowest BCUT2D eigenvalue weighted by molar-refractivity contribution is -0.0504. The van der Waals surface area contributed by atoms with Crippen LogP contribution in [0.3, 0.4) is 0 Å². The summed E-state index contributed by atoms with van der Waals surface area (Å²) in [4.78, 5) is 11.8. The van der Waals surface area contributed by atoms with Gasteiger partial charge >= 0.3 is 12.6 Å². The highest BCUT2D eigenvalue weighted by atomic mass is 19.3. The van der Waals surface area contributed by atoms with Crippen LogP contribution >= 0.6 is 0 Å². The molecule has 1 rings (SSSR count). The van der Waals surface area contributed by atoms with Crippen molar-refractivity contribution in [1.82, 2.24) is 0 Å². The lowest BCUT2D eigenvalue weighted by Crippen LogP contribution is -2.13. The second-order valence-corrected chi connectivity index (χ2v) is 3.55. The number of nitriles is 1. The Morgan fingerprint density at radius 1 is 1.47 bits per heavy atom. The summed E-state index contributed by atoms with van der Waals surface area (Å²) < 4.78 is 33.8. The molecule has 0 radical (unpaired) electrons. The van der Waals surface area contributed by atoms with Crippen molar-refractivity contribution in [1.29, 1.82) is 5.26 Å². The first kappa shape index (κ1) is 14.9. The highest BCUT2D eigenvalue weighted by Crippen LogP contribution is 2.26. The number of carbonyl (C=O) groups excluding carboxylic acids is 1. The largest absolute Gasteiger partial charge is 0.462 e. The van der Waals surface area contributed by atoms with Crippen LogP contribution in [-0.2, 0) is 11.2 Å². The molecule has 0 aliphatic rings. The van der Waals surface area contributed by atoms with E-state index >= 15 is 0 Å². The van der Waals surface area contributed by atoms with Crippen LogP contribution < -0.4 is 4.74 Å². The molecule has 0 unspecified atom stereocenters. The quantitative estimate of drug-likeness (QED) is 0.745. The van der Waals surface area contributed by atoms with Gasteiger partial charge in [0, 0.05) is 6.42 Å². The second kappa shape index (κ2) is 7.31. The number of carbonyl (C=O) groups is 1. The Morgan fingerprint density at radius 2 is 2.21 bits per heavy atom. The van der Waals surface area contributed by atoms with E-state index in [0.717, 1.165) is 0 Å². The molecule has 0 aliphatic carbocycles. The SMILES string of the molecule is CCOC(=O)c1c(CCC#N)cccc1OC(F)F. The molecule has 1 aromatic carbocycles. The van der Waals surface area contributed by atoms with Crippen molar-refractivity contribution < 1.29 is 23.0 Å². The first-order valence-corrected chi connectivity index (χ1v) is 5.71. The van der Waals surface area contributed by atoms with Crippen molar-refractivity contribution in [2.45, 2.75) is 26.4 Å². The van der Waals surface area contributed by atoms with Crippen LogP contribution in [0.5, 0.6) is 5.75 Å². The minimum Gasteiger partial charge on any atom is -0.462 e. The number of ether oxygens (including phenoxy) is 2. The van der Waals surface area contributed by atoms with Gasteiger partial charge in [-0.1, -0.05) is 12.1 Å². The van der Waals surface area contributed by atoms with Gasteiger partial charge in [-0.15, -0.1) is 0 Å². The van der Waals surface area contributed by atoms with Crippen molar-refractivity contribution in [3.63, 3.8) is 0 Å². The van der Waals surface area contributed by atoms with Gasteiger partial charge < -0.3 is 9.47 Å². The van der Waals surface area contributed by atoms with Crippen molar-refractivity contribution in [3.8, 4) is 11.8 Å². The summed E-state index contributed by atoms with van der Waals surface area (Å²) in [5.74, 6) is -0.962. The van der Waals surface area contributed by atoms with Gasteiger partial charge in [0.2, 0.25) is 0 Å². The topological polar surface area (TPSA) is 59.3 Å². The molecule has 6 heteroatoms. The van der Waals surface area contributed by atoms with E-state index in [2.05, 4.69) is 4.74 Å². The number of benzene rings is 1. The molecule has 0 heterocycles. The first-order chi connectivity index (χ1) is 9.10. The summed E-state index contributed by atoms with van der Waals surface area (Å²) in [5, 5.41) is 8.56. The zero-order chi connectivity index (χ0) is 14.3. The molecule has 0 saturated heterocycles. The lowest BCUT2D eigenvalue weighted by atomic mass is 10.0. The van der Waals surface area contributed by atoms with Crippen LogP contribution in [-0.4, -0.2) is 19.2 Å². The van der Waals surface area contributed by atoms with Crippen molar-refractivity contribution >= 4 is 5.97 Å². The number of esters is 1. The minimum absolute atomic E-state index is 0.0418. The molecule has 19 heavy (non-hydrogen) atoms. The third-order valence-electron chi connectivity index (χ3n) is 2.31. The summed E-state index contributed by atoms with van der Waals surface area (Å²) in [6.45, 7) is -1.29. The Hall–Kier alpha value is -2.16. The average Bonchev–Trinajstić information content (AvgIpc) is 2.35. The normalized spacial score (nSPS) is 10.1. The highest BCUT2D eigenvalue weighted by molar-refractivity contribution is 5.94. The van der Waals surface area contributed by atoms with E-state index in [0.29, 0.717) is 5.56 Å². The van der Waals surface area contributed by atoms with Crippen LogP contribution in [0.4, 0.5) is 8.78 Å². The molecule has 0 aromatic heterocycles. The summed E-state index contributed by atoms with van der Waals surface area (Å²) in [7, 11) is 0. The Labute approximate surface area is 109 Å². The number of hydrogen-bond acceptors (Lipinski definition) is 4. The van der Waals surface area contributed by atoms with E-state index in [1.165, 1.54) is 12.1 Å². The van der Waals surface area contributed by atoms with E-state index in [9.17, 15) is 13.6 Å². The molecular formula is C13H13F2NO3. The van der Waals surface area contributed by atoms with Gasteiger partial charge in [0.1, 0.15) is 11.3 Å². The smallest absolute Gasteiger partial charge is 0.387 e. The first-order valence-electron chi connectivity index (χ1n) is 5.71. The maximum atomic E-state index is 12.3. The standard InChI is InChI=1S/C13H13F2NO3/c1-2-18-12(17)11-9(6-4-8-16)5-3-7-10(11)19-13(14)15/h3,5,7,13H,2,4,6H2,1H3. The number of rotatable bonds is 6. The summed E-state index contributed by atoms with van der Waals surface area (Å²) in [5.41, 5.74) is 0.415. The molecule has 0 bridgehead atoms. The van der Waals surface area contributed by atoms with E-state index in [1.807, 2.05) is 6.07 Å². The second-order valence-electron chi connectivity index (χ2n) is 3.55. The van der Waals surface area contributed by atoms with Crippen LogP contribution in [0.2, 0.25) is 0 Å². The van der Waals surface area contributed by atoms with Crippen LogP contribution in [0.25, 0.3) is 0 Å². The Kier molecular flexibility index (Phi) is 5.73. The van der Waals surface area contributed by atoms with Gasteiger partial charge in [-0.05, 0) is 25.0 Å². The fourth-order valence-corrected chi connectivity index (χ4v) is 1.60. The van der Waals surface area contributed by atoms with Gasteiger partial charge in [-0.25, -0.2) is 4.79 Å². The van der Waals surface area contributed by atoms with E-state index in [1.54, 1.807) is 13.0 Å². The van der Waals surface area contributed by atoms with Crippen molar-refractivity contribution in [3.05, 3.63) is 29.3 Å². The summed E-state index contributed by atoms with van der Waals surface area (Å²) >= 11 is 0. The maximum Gasteiger partial charge on any atom is 0.387 e. The predicted octanol–water partition coefficient (Wildman–Crippen LogP) is 2.92. The third-order valence-corrected chi connectivity index (χ3v) is 2.31. The zero-order valence-corrected chi connectivity index (χ0v) is 10.4. The molecule has 0 N–H and O–H groups in total. The number of alkyl halides is 2. The molecule has 4 nitrogen and oxygen atoms in total. The molecule has 0 saturated carbocycles. The van der Waals surface area contributed by atoms with Gasteiger partial charge in [0.15, 0.2) is 0 Å². The molecule has 1 aromatic rings. The number of halogens is 2. The Bertz CT molecular complexity index is 483. The number of nitrogens with zero attached hydrogens (tertiary/aromatic N) is 1. The van der Waals surface area contributed by atoms with Gasteiger partial charge in [-0.3, -0.25) is 0 Å². The minimum atomic E-state index is -3.03. The summed E-state index contributed by atoms with van der Waals surface area (Å²) in [6, 6.07) is 6.28. The molecule has 0 atom stereocenters. The monoisotopic (exact) mass is 269 g/mol. The van der Waals surface area contributed by atoms with Crippen LogP contribution in [0.15, 0.2) is 18.2 Å². The highest BCUT2D eigenvalue weighted by Gasteiger charge is 2.20. The Morgan fingerprint density at radius 3 is 2.79 bits per heavy atom. The average molecular weight is 269 g/mol.